The number of ether oxygens (including phenoxy) is 8. The second-order valence-corrected chi connectivity index (χ2v) is 16.9. The first-order chi connectivity index (χ1) is 23.0. The van der Waals surface area contributed by atoms with Gasteiger partial charge in [-0.1, -0.05) is 13.3 Å². The summed E-state index contributed by atoms with van der Waals surface area (Å²) in [6, 6.07) is -0.659. The third-order valence-corrected chi connectivity index (χ3v) is 8.16. The largest absolute Gasteiger partial charge is 0.373 e. The molecule has 2 saturated heterocycles. The van der Waals surface area contributed by atoms with E-state index in [9.17, 15) is 9.59 Å². The van der Waals surface area contributed by atoms with E-state index in [0.29, 0.717) is 39.3 Å². The van der Waals surface area contributed by atoms with E-state index >= 15 is 0 Å². The van der Waals surface area contributed by atoms with Gasteiger partial charge >= 0.3 is 12.1 Å². The van der Waals surface area contributed by atoms with Gasteiger partial charge in [-0.3, -0.25) is 19.6 Å². The van der Waals surface area contributed by atoms with Gasteiger partial charge in [0.2, 0.25) is 0 Å². The van der Waals surface area contributed by atoms with Crippen molar-refractivity contribution in [1.29, 1.82) is 0 Å². The molecule has 2 heterocycles. The normalized spacial score (nSPS) is 22.0. The molecule has 2 rings (SSSR count). The fraction of sp³-hybridized carbons (Fsp3) is 0.944. The van der Waals surface area contributed by atoms with Gasteiger partial charge in [0.05, 0.1) is 75.3 Å². The minimum absolute atomic E-state index is 0.0728. The zero-order valence-electron chi connectivity index (χ0n) is 33.8. The summed E-state index contributed by atoms with van der Waals surface area (Å²) in [5.41, 5.74) is -3.75. The lowest BCUT2D eigenvalue weighted by Gasteiger charge is -2.47. The lowest BCUT2D eigenvalue weighted by atomic mass is 9.89. The van der Waals surface area contributed by atoms with Crippen LogP contribution in [0.15, 0.2) is 0 Å². The fourth-order valence-electron chi connectivity index (χ4n) is 6.01. The Bertz CT molecular complexity index is 975. The third kappa shape index (κ3) is 12.4. The first-order valence-corrected chi connectivity index (χ1v) is 18.1. The number of carbonyl (C=O) groups is 2. The van der Waals surface area contributed by atoms with Gasteiger partial charge in [0, 0.05) is 0 Å². The molecule has 2 aliphatic rings. The van der Waals surface area contributed by atoms with Crippen molar-refractivity contribution in [3.05, 3.63) is 0 Å². The molecular formula is C36H70N4O10. The van der Waals surface area contributed by atoms with Crippen LogP contribution in [0.25, 0.3) is 0 Å². The summed E-state index contributed by atoms with van der Waals surface area (Å²) in [6.07, 6.45) is 1.10. The number of rotatable bonds is 22. The van der Waals surface area contributed by atoms with Crippen molar-refractivity contribution in [3.8, 4) is 0 Å². The molecule has 14 nitrogen and oxygen atoms in total. The van der Waals surface area contributed by atoms with E-state index in [1.54, 1.807) is 19.6 Å². The maximum Gasteiger partial charge on any atom is 0.327 e. The average Bonchev–Trinajstić information content (AvgIpc) is 3.23. The zero-order valence-corrected chi connectivity index (χ0v) is 33.8. The molecule has 0 N–H and O–H groups in total. The standard InChI is InChI=1S/C36H70N4O10/c1-15-16-36-35(14,37(25-43-17-21-47-31(2,3)4)29(41)39(36)27-45-19-23-49-33(8,9)10)38(26-44-18-22-48-32(5,6)7)30(42)40(36)28-46-20-24-50-34(11,12)13/h15-28H2,1-14H3. The molecule has 0 radical (unpaired) electrons. The van der Waals surface area contributed by atoms with Gasteiger partial charge in [-0.15, -0.1) is 0 Å². The van der Waals surface area contributed by atoms with Crippen molar-refractivity contribution in [3.63, 3.8) is 0 Å². The highest BCUT2D eigenvalue weighted by Gasteiger charge is 2.76. The van der Waals surface area contributed by atoms with Crippen LogP contribution in [-0.4, -0.2) is 145 Å². The van der Waals surface area contributed by atoms with Crippen LogP contribution in [-0.2, 0) is 37.9 Å². The summed E-state index contributed by atoms with van der Waals surface area (Å²) >= 11 is 0. The molecule has 2 aliphatic heterocycles. The molecule has 14 heteroatoms. The topological polar surface area (TPSA) is 121 Å². The predicted molar refractivity (Wildman–Crippen MR) is 190 cm³/mol. The van der Waals surface area contributed by atoms with Crippen LogP contribution in [0.4, 0.5) is 9.59 Å². The van der Waals surface area contributed by atoms with Crippen LogP contribution < -0.4 is 0 Å². The Kier molecular flexibility index (Phi) is 16.3. The number of nitrogens with zero attached hydrogens (tertiary/aromatic N) is 4. The molecule has 0 bridgehead atoms. The smallest absolute Gasteiger partial charge is 0.327 e. The monoisotopic (exact) mass is 719 g/mol. The van der Waals surface area contributed by atoms with E-state index in [1.165, 1.54) is 0 Å². The molecule has 0 aromatic carbocycles. The number of fused-ring (bicyclic) bond motifs is 1. The van der Waals surface area contributed by atoms with Crippen LogP contribution in [0.1, 0.15) is 110 Å². The number of carbonyl (C=O) groups excluding carboxylic acids is 2. The highest BCUT2D eigenvalue weighted by Crippen LogP contribution is 2.53. The van der Waals surface area contributed by atoms with E-state index in [0.717, 1.165) is 0 Å². The lowest BCUT2D eigenvalue weighted by molar-refractivity contribution is -0.147. The molecule has 0 spiro atoms. The Labute approximate surface area is 302 Å². The van der Waals surface area contributed by atoms with Gasteiger partial charge in [0.1, 0.15) is 26.9 Å². The van der Waals surface area contributed by atoms with E-state index in [-0.39, 0.29) is 87.8 Å². The number of hydrogen-bond donors (Lipinski definition) is 0. The van der Waals surface area contributed by atoms with Crippen LogP contribution in [0.2, 0.25) is 0 Å². The molecule has 0 saturated carbocycles. The molecule has 294 valence electrons. The summed E-state index contributed by atoms with van der Waals surface area (Å²) in [5, 5.41) is 0. The number of hydrogen-bond acceptors (Lipinski definition) is 10. The fourth-order valence-corrected chi connectivity index (χ4v) is 6.01. The van der Waals surface area contributed by atoms with Crippen LogP contribution >= 0.6 is 0 Å². The van der Waals surface area contributed by atoms with Crippen LogP contribution in [0.5, 0.6) is 0 Å². The van der Waals surface area contributed by atoms with Crippen molar-refractivity contribution in [2.45, 2.75) is 144 Å². The molecule has 4 amide bonds. The Balaban J connectivity index is 2.48. The minimum Gasteiger partial charge on any atom is -0.373 e. The summed E-state index contributed by atoms with van der Waals surface area (Å²) in [7, 11) is 0. The third-order valence-electron chi connectivity index (χ3n) is 8.16. The molecule has 50 heavy (non-hydrogen) atoms. The van der Waals surface area contributed by atoms with Gasteiger partial charge in [-0.25, -0.2) is 9.59 Å². The summed E-state index contributed by atoms with van der Waals surface area (Å²) in [5.74, 6) is 0. The average molecular weight is 719 g/mol. The molecule has 0 aliphatic carbocycles. The van der Waals surface area contributed by atoms with Crippen molar-refractivity contribution in [2.24, 2.45) is 0 Å². The molecule has 2 fully saturated rings. The van der Waals surface area contributed by atoms with Gasteiger partial charge < -0.3 is 37.9 Å². The minimum atomic E-state index is -1.23. The van der Waals surface area contributed by atoms with Gasteiger partial charge in [0.25, 0.3) is 0 Å². The summed E-state index contributed by atoms with van der Waals surface area (Å²) in [6.45, 7) is 29.7. The number of urea groups is 2. The van der Waals surface area contributed by atoms with Gasteiger partial charge in [0.15, 0.2) is 11.3 Å². The summed E-state index contributed by atoms with van der Waals surface area (Å²) < 4.78 is 47.8. The molecule has 0 unspecified atom stereocenters. The van der Waals surface area contributed by atoms with E-state index in [2.05, 4.69) is 0 Å². The zero-order chi connectivity index (χ0) is 38.0. The lowest BCUT2D eigenvalue weighted by Crippen LogP contribution is -2.67. The van der Waals surface area contributed by atoms with E-state index in [1.807, 2.05) is 96.9 Å². The van der Waals surface area contributed by atoms with E-state index < -0.39 is 11.3 Å². The number of amides is 4. The highest BCUT2D eigenvalue weighted by atomic mass is 16.6. The second kappa shape index (κ2) is 18.3. The van der Waals surface area contributed by atoms with Crippen LogP contribution in [0, 0.1) is 0 Å². The van der Waals surface area contributed by atoms with Gasteiger partial charge in [-0.05, 0) is 96.4 Å². The highest BCUT2D eigenvalue weighted by molar-refractivity contribution is 5.88. The quantitative estimate of drug-likeness (QED) is 0.127. The van der Waals surface area contributed by atoms with Gasteiger partial charge in [-0.2, -0.15) is 0 Å². The van der Waals surface area contributed by atoms with Crippen molar-refractivity contribution < 1.29 is 47.5 Å². The Morgan fingerprint density at radius 3 is 0.960 bits per heavy atom. The Morgan fingerprint density at radius 1 is 0.460 bits per heavy atom. The molecule has 0 atom stereocenters. The molecule has 0 aromatic heterocycles. The maximum atomic E-state index is 14.6. The summed E-state index contributed by atoms with van der Waals surface area (Å²) in [4.78, 5) is 35.6. The predicted octanol–water partition coefficient (Wildman–Crippen LogP) is 5.83. The maximum absolute atomic E-state index is 14.6. The Morgan fingerprint density at radius 2 is 0.720 bits per heavy atom. The van der Waals surface area contributed by atoms with Crippen molar-refractivity contribution in [1.82, 2.24) is 19.6 Å². The van der Waals surface area contributed by atoms with Crippen molar-refractivity contribution >= 4 is 12.1 Å². The first-order valence-electron chi connectivity index (χ1n) is 18.1. The Hall–Kier alpha value is -1.78. The van der Waals surface area contributed by atoms with E-state index in [4.69, 9.17) is 37.9 Å². The molecule has 0 aromatic rings. The SMILES string of the molecule is CCCC12N(COCCOC(C)(C)C)C(=O)N(COCCOC(C)(C)C)C1(C)N(COCCOC(C)(C)C)C(=O)N2COCCOC(C)(C)C. The van der Waals surface area contributed by atoms with Crippen LogP contribution in [0.3, 0.4) is 0 Å². The first kappa shape index (κ1) is 44.4. The van der Waals surface area contributed by atoms with Crippen molar-refractivity contribution in [2.75, 3.05) is 79.8 Å². The second-order valence-electron chi connectivity index (χ2n) is 16.9. The molecular weight excluding hydrogens is 648 g/mol.